The van der Waals surface area contributed by atoms with E-state index < -0.39 is 10.0 Å². The monoisotopic (exact) mass is 376 g/mol. The van der Waals surface area contributed by atoms with Crippen LogP contribution < -0.4 is 14.8 Å². The molecule has 2 unspecified atom stereocenters. The van der Waals surface area contributed by atoms with E-state index in [1.807, 2.05) is 26.8 Å². The van der Waals surface area contributed by atoms with Gasteiger partial charge in [-0.25, -0.2) is 13.1 Å². The molecule has 2 atom stereocenters. The summed E-state index contributed by atoms with van der Waals surface area (Å²) in [5.41, 5.74) is 1.61. The molecule has 24 heavy (non-hydrogen) atoms. The van der Waals surface area contributed by atoms with Crippen molar-refractivity contribution in [2.75, 3.05) is 20.2 Å². The van der Waals surface area contributed by atoms with Gasteiger partial charge < -0.3 is 10.1 Å². The first kappa shape index (κ1) is 21.2. The van der Waals surface area contributed by atoms with Crippen LogP contribution in [0, 0.1) is 12.8 Å². The van der Waals surface area contributed by atoms with Crippen molar-refractivity contribution in [2.45, 2.75) is 51.0 Å². The molecule has 0 aliphatic carbocycles. The van der Waals surface area contributed by atoms with Gasteiger partial charge in [-0.15, -0.1) is 12.4 Å². The van der Waals surface area contributed by atoms with E-state index in [-0.39, 0.29) is 24.4 Å². The Morgan fingerprint density at radius 1 is 1.33 bits per heavy atom. The molecule has 138 valence electrons. The maximum atomic E-state index is 12.9. The Morgan fingerprint density at radius 2 is 2.00 bits per heavy atom. The minimum Gasteiger partial charge on any atom is -0.496 e. The van der Waals surface area contributed by atoms with E-state index in [4.69, 9.17) is 4.74 Å². The molecule has 1 aliphatic rings. The standard InChI is InChI=1S/C17H28N2O3S.ClH/c1-11(2)14-9-17(13(4)8-16(14)22-5)23(20,21)19-15-10-18-7-6-12(15)3;/h8-9,11-12,15,18-19H,6-7,10H2,1-5H3;1H. The zero-order valence-corrected chi connectivity index (χ0v) is 16.7. The summed E-state index contributed by atoms with van der Waals surface area (Å²) in [6.45, 7) is 9.58. The summed E-state index contributed by atoms with van der Waals surface area (Å²) >= 11 is 0. The predicted octanol–water partition coefficient (Wildman–Crippen LogP) is 2.83. The van der Waals surface area contributed by atoms with E-state index in [2.05, 4.69) is 17.0 Å². The van der Waals surface area contributed by atoms with Gasteiger partial charge in [0.2, 0.25) is 10.0 Å². The molecule has 1 fully saturated rings. The number of sulfonamides is 1. The minimum absolute atomic E-state index is 0. The van der Waals surface area contributed by atoms with Crippen LogP contribution in [-0.4, -0.2) is 34.7 Å². The molecule has 0 amide bonds. The molecule has 0 bridgehead atoms. The maximum absolute atomic E-state index is 12.9. The maximum Gasteiger partial charge on any atom is 0.241 e. The lowest BCUT2D eigenvalue weighted by atomic mass is 9.96. The van der Waals surface area contributed by atoms with Gasteiger partial charge in [0.1, 0.15) is 5.75 Å². The number of ether oxygens (including phenoxy) is 1. The summed E-state index contributed by atoms with van der Waals surface area (Å²) in [5.74, 6) is 1.26. The van der Waals surface area contributed by atoms with Gasteiger partial charge in [-0.2, -0.15) is 0 Å². The molecule has 2 rings (SSSR count). The van der Waals surface area contributed by atoms with Crippen molar-refractivity contribution < 1.29 is 13.2 Å². The summed E-state index contributed by atoms with van der Waals surface area (Å²) in [6, 6.07) is 3.49. The lowest BCUT2D eigenvalue weighted by Gasteiger charge is -2.30. The Labute approximate surface area is 152 Å². The number of nitrogens with one attached hydrogen (secondary N) is 2. The van der Waals surface area contributed by atoms with Crippen LogP contribution >= 0.6 is 12.4 Å². The number of rotatable bonds is 5. The van der Waals surface area contributed by atoms with Gasteiger partial charge in [0, 0.05) is 12.6 Å². The topological polar surface area (TPSA) is 67.4 Å². The van der Waals surface area contributed by atoms with Crippen molar-refractivity contribution in [3.8, 4) is 5.75 Å². The van der Waals surface area contributed by atoms with Crippen molar-refractivity contribution >= 4 is 22.4 Å². The number of halogens is 1. The molecule has 1 aromatic rings. The summed E-state index contributed by atoms with van der Waals surface area (Å²) in [5, 5.41) is 3.25. The van der Waals surface area contributed by atoms with Crippen LogP contribution in [-0.2, 0) is 10.0 Å². The zero-order valence-electron chi connectivity index (χ0n) is 15.0. The SMILES string of the molecule is COc1cc(C)c(S(=O)(=O)NC2CNCCC2C)cc1C(C)C.Cl. The molecule has 0 saturated carbocycles. The fraction of sp³-hybridized carbons (Fsp3) is 0.647. The van der Waals surface area contributed by atoms with Crippen LogP contribution in [0.15, 0.2) is 17.0 Å². The highest BCUT2D eigenvalue weighted by atomic mass is 35.5. The second-order valence-corrected chi connectivity index (χ2v) is 8.39. The summed E-state index contributed by atoms with van der Waals surface area (Å²) in [6.07, 6.45) is 0.978. The molecule has 0 radical (unpaired) electrons. The molecule has 7 heteroatoms. The van der Waals surface area contributed by atoms with Gasteiger partial charge in [0.05, 0.1) is 12.0 Å². The van der Waals surface area contributed by atoms with Gasteiger partial charge >= 0.3 is 0 Å². The summed E-state index contributed by atoms with van der Waals surface area (Å²) in [4.78, 5) is 0.347. The highest BCUT2D eigenvalue weighted by Crippen LogP contribution is 2.31. The van der Waals surface area contributed by atoms with Crippen molar-refractivity contribution in [3.05, 3.63) is 23.3 Å². The molecule has 5 nitrogen and oxygen atoms in total. The van der Waals surface area contributed by atoms with Crippen molar-refractivity contribution in [3.63, 3.8) is 0 Å². The highest BCUT2D eigenvalue weighted by molar-refractivity contribution is 7.89. The number of hydrogen-bond acceptors (Lipinski definition) is 4. The Kier molecular flexibility index (Phi) is 7.53. The number of hydrogen-bond donors (Lipinski definition) is 2. The van der Waals surface area contributed by atoms with Gasteiger partial charge in [0.25, 0.3) is 0 Å². The first-order valence-corrected chi connectivity index (χ1v) is 9.66. The number of aryl methyl sites for hydroxylation is 1. The van der Waals surface area contributed by atoms with E-state index in [9.17, 15) is 8.42 Å². The largest absolute Gasteiger partial charge is 0.496 e. The number of piperidine rings is 1. The van der Waals surface area contributed by atoms with Crippen molar-refractivity contribution in [2.24, 2.45) is 5.92 Å². The van der Waals surface area contributed by atoms with Crippen molar-refractivity contribution in [1.82, 2.24) is 10.0 Å². The Balaban J connectivity index is 0.00000288. The number of benzene rings is 1. The van der Waals surface area contributed by atoms with Crippen LogP contribution in [0.5, 0.6) is 5.75 Å². The molecular formula is C17H29ClN2O3S. The van der Waals surface area contributed by atoms with Crippen LogP contribution in [0.4, 0.5) is 0 Å². The molecule has 1 heterocycles. The Hall–Kier alpha value is -0.820. The first-order valence-electron chi connectivity index (χ1n) is 8.17. The van der Waals surface area contributed by atoms with Gasteiger partial charge in [-0.1, -0.05) is 20.8 Å². The zero-order chi connectivity index (χ0) is 17.2. The lowest BCUT2D eigenvalue weighted by molar-refractivity contribution is 0.327. The third-order valence-corrected chi connectivity index (χ3v) is 6.20. The van der Waals surface area contributed by atoms with Gasteiger partial charge in [0.15, 0.2) is 0 Å². The van der Waals surface area contributed by atoms with Crippen LogP contribution in [0.1, 0.15) is 44.2 Å². The molecule has 1 aliphatic heterocycles. The normalized spacial score (nSPS) is 21.4. The molecular weight excluding hydrogens is 348 g/mol. The average Bonchev–Trinajstić information content (AvgIpc) is 2.48. The van der Waals surface area contributed by atoms with Crippen LogP contribution in [0.25, 0.3) is 0 Å². The molecule has 2 N–H and O–H groups in total. The van der Waals surface area contributed by atoms with E-state index in [0.717, 1.165) is 24.3 Å². The lowest BCUT2D eigenvalue weighted by Crippen LogP contribution is -2.50. The Morgan fingerprint density at radius 3 is 2.54 bits per heavy atom. The van der Waals surface area contributed by atoms with Gasteiger partial charge in [-0.3, -0.25) is 0 Å². The van der Waals surface area contributed by atoms with E-state index in [0.29, 0.717) is 22.9 Å². The molecule has 0 spiro atoms. The minimum atomic E-state index is -3.55. The third-order valence-electron chi connectivity index (χ3n) is 4.57. The van der Waals surface area contributed by atoms with Crippen LogP contribution in [0.3, 0.4) is 0 Å². The summed E-state index contributed by atoms with van der Waals surface area (Å²) in [7, 11) is -1.94. The second kappa shape index (κ2) is 8.52. The first-order chi connectivity index (χ1) is 10.8. The highest BCUT2D eigenvalue weighted by Gasteiger charge is 2.28. The van der Waals surface area contributed by atoms with E-state index in [1.165, 1.54) is 0 Å². The van der Waals surface area contributed by atoms with E-state index in [1.54, 1.807) is 13.2 Å². The average molecular weight is 377 g/mol. The molecule has 1 aromatic carbocycles. The fourth-order valence-electron chi connectivity index (χ4n) is 3.01. The molecule has 0 aromatic heterocycles. The predicted molar refractivity (Wildman–Crippen MR) is 99.8 cm³/mol. The Bertz CT molecular complexity index is 662. The third kappa shape index (κ3) is 4.63. The smallest absolute Gasteiger partial charge is 0.241 e. The fourth-order valence-corrected chi connectivity index (χ4v) is 4.61. The van der Waals surface area contributed by atoms with E-state index >= 15 is 0 Å². The number of methoxy groups -OCH3 is 1. The quantitative estimate of drug-likeness (QED) is 0.829. The van der Waals surface area contributed by atoms with Gasteiger partial charge in [-0.05, 0) is 55.0 Å². The second-order valence-electron chi connectivity index (χ2n) is 6.71. The molecule has 1 saturated heterocycles. The van der Waals surface area contributed by atoms with Crippen LogP contribution in [0.2, 0.25) is 0 Å². The van der Waals surface area contributed by atoms with Crippen molar-refractivity contribution in [1.29, 1.82) is 0 Å². The summed E-state index contributed by atoms with van der Waals surface area (Å²) < 4.78 is 34.0.